The summed E-state index contributed by atoms with van der Waals surface area (Å²) in [7, 11) is 0. The van der Waals surface area contributed by atoms with Crippen LogP contribution in [0.15, 0.2) is 0 Å². The number of carboxylic acid groups (broad SMARTS) is 1. The lowest BCUT2D eigenvalue weighted by atomic mass is 9.72. The molecule has 2 aliphatic rings. The molecule has 0 bridgehead atoms. The van der Waals surface area contributed by atoms with Crippen molar-refractivity contribution in [2.24, 2.45) is 5.41 Å². The first-order valence-electron chi connectivity index (χ1n) is 9.96. The third kappa shape index (κ3) is 3.87. The molecule has 146 valence electrons. The number of amides is 1. The van der Waals surface area contributed by atoms with Gasteiger partial charge >= 0.3 is 6.09 Å². The van der Waals surface area contributed by atoms with E-state index in [1.54, 1.807) is 4.90 Å². The van der Waals surface area contributed by atoms with E-state index in [2.05, 4.69) is 42.8 Å². The minimum Gasteiger partial charge on any atom is -0.465 e. The van der Waals surface area contributed by atoms with Gasteiger partial charge in [-0.2, -0.15) is 5.10 Å². The quantitative estimate of drug-likeness (QED) is 0.862. The summed E-state index contributed by atoms with van der Waals surface area (Å²) in [5, 5.41) is 16.8. The average molecular weight is 364 g/mol. The van der Waals surface area contributed by atoms with E-state index in [0.717, 1.165) is 50.3 Å². The largest absolute Gasteiger partial charge is 0.465 e. The SMILES string of the molecule is CCc1n[nH]c(C2CCCN(C3CCN(C(=O)O)CC3)C2C(C)(C)C)n1. The molecule has 1 amide bonds. The molecule has 1 aromatic rings. The van der Waals surface area contributed by atoms with Crippen LogP contribution < -0.4 is 0 Å². The van der Waals surface area contributed by atoms with E-state index in [4.69, 9.17) is 4.98 Å². The van der Waals surface area contributed by atoms with Gasteiger partial charge in [-0.1, -0.05) is 27.7 Å². The normalized spacial score (nSPS) is 26.2. The molecule has 3 rings (SSSR count). The van der Waals surface area contributed by atoms with Crippen LogP contribution in [0.25, 0.3) is 0 Å². The molecule has 2 aliphatic heterocycles. The lowest BCUT2D eigenvalue weighted by molar-refractivity contribution is -0.0102. The summed E-state index contributed by atoms with van der Waals surface area (Å²) < 4.78 is 0. The van der Waals surface area contributed by atoms with Crippen molar-refractivity contribution in [3.8, 4) is 0 Å². The van der Waals surface area contributed by atoms with Crippen molar-refractivity contribution in [1.82, 2.24) is 25.0 Å². The van der Waals surface area contributed by atoms with Gasteiger partial charge in [0.25, 0.3) is 0 Å². The number of rotatable bonds is 3. The van der Waals surface area contributed by atoms with Gasteiger partial charge in [-0.3, -0.25) is 10.00 Å². The van der Waals surface area contributed by atoms with Crippen molar-refractivity contribution in [3.05, 3.63) is 11.6 Å². The van der Waals surface area contributed by atoms with Crippen LogP contribution in [0.1, 0.15) is 70.9 Å². The van der Waals surface area contributed by atoms with E-state index in [-0.39, 0.29) is 5.41 Å². The number of hydrogen-bond acceptors (Lipinski definition) is 4. The van der Waals surface area contributed by atoms with E-state index >= 15 is 0 Å². The van der Waals surface area contributed by atoms with Crippen LogP contribution in [0.4, 0.5) is 4.79 Å². The zero-order valence-electron chi connectivity index (χ0n) is 16.5. The maximum Gasteiger partial charge on any atom is 0.407 e. The van der Waals surface area contributed by atoms with Crippen molar-refractivity contribution in [2.45, 2.75) is 77.8 Å². The first kappa shape index (κ1) is 19.1. The Kier molecular flexibility index (Phi) is 5.55. The molecule has 0 aliphatic carbocycles. The molecule has 2 atom stereocenters. The number of nitrogens with zero attached hydrogens (tertiary/aromatic N) is 4. The Hall–Kier alpha value is -1.63. The van der Waals surface area contributed by atoms with Crippen LogP contribution in [0.2, 0.25) is 0 Å². The summed E-state index contributed by atoms with van der Waals surface area (Å²) in [4.78, 5) is 20.2. The number of nitrogens with one attached hydrogen (secondary N) is 1. The molecule has 26 heavy (non-hydrogen) atoms. The second-order valence-electron chi connectivity index (χ2n) is 8.79. The number of piperidine rings is 2. The molecule has 0 radical (unpaired) electrons. The summed E-state index contributed by atoms with van der Waals surface area (Å²) in [6.45, 7) is 11.4. The number of aryl methyl sites for hydroxylation is 1. The van der Waals surface area contributed by atoms with Crippen LogP contribution in [0.5, 0.6) is 0 Å². The van der Waals surface area contributed by atoms with Crippen LogP contribution in [-0.4, -0.2) is 67.9 Å². The summed E-state index contributed by atoms with van der Waals surface area (Å²) in [6.07, 6.45) is 4.18. The smallest absolute Gasteiger partial charge is 0.407 e. The number of H-pyrrole nitrogens is 1. The molecule has 0 spiro atoms. The Morgan fingerprint density at radius 1 is 1.23 bits per heavy atom. The molecule has 1 aromatic heterocycles. The summed E-state index contributed by atoms with van der Waals surface area (Å²) >= 11 is 0. The predicted molar refractivity (Wildman–Crippen MR) is 100 cm³/mol. The van der Waals surface area contributed by atoms with Gasteiger partial charge in [-0.15, -0.1) is 0 Å². The third-order valence-electron chi connectivity index (χ3n) is 5.98. The highest BCUT2D eigenvalue weighted by molar-refractivity contribution is 5.65. The number of hydrogen-bond donors (Lipinski definition) is 2. The second kappa shape index (κ2) is 7.55. The van der Waals surface area contributed by atoms with Gasteiger partial charge in [0.1, 0.15) is 11.6 Å². The summed E-state index contributed by atoms with van der Waals surface area (Å²) in [5.74, 6) is 2.27. The molecule has 2 saturated heterocycles. The lowest BCUT2D eigenvalue weighted by Gasteiger charge is -2.52. The van der Waals surface area contributed by atoms with Crippen molar-refractivity contribution >= 4 is 6.09 Å². The summed E-state index contributed by atoms with van der Waals surface area (Å²) in [5.41, 5.74) is 0.119. The fourth-order valence-electron chi connectivity index (χ4n) is 4.84. The van der Waals surface area contributed by atoms with Crippen LogP contribution >= 0.6 is 0 Å². The predicted octanol–water partition coefficient (Wildman–Crippen LogP) is 3.10. The van der Waals surface area contributed by atoms with Gasteiger partial charge in [0, 0.05) is 37.5 Å². The highest BCUT2D eigenvalue weighted by Gasteiger charge is 2.44. The van der Waals surface area contributed by atoms with E-state index in [9.17, 15) is 9.90 Å². The molecule has 7 nitrogen and oxygen atoms in total. The molecule has 0 aromatic carbocycles. The van der Waals surface area contributed by atoms with Crippen LogP contribution in [0.3, 0.4) is 0 Å². The molecule has 0 saturated carbocycles. The first-order valence-corrected chi connectivity index (χ1v) is 9.96. The number of aromatic amines is 1. The Bertz CT molecular complexity index is 616. The minimum absolute atomic E-state index is 0.119. The first-order chi connectivity index (χ1) is 12.3. The van der Waals surface area contributed by atoms with Gasteiger partial charge in [-0.25, -0.2) is 9.78 Å². The zero-order chi connectivity index (χ0) is 18.9. The second-order valence-corrected chi connectivity index (χ2v) is 8.79. The van der Waals surface area contributed by atoms with Crippen LogP contribution in [0, 0.1) is 5.41 Å². The van der Waals surface area contributed by atoms with Gasteiger partial charge in [0.15, 0.2) is 0 Å². The molecule has 2 unspecified atom stereocenters. The third-order valence-corrected chi connectivity index (χ3v) is 5.98. The van der Waals surface area contributed by atoms with E-state index in [0.29, 0.717) is 31.1 Å². The summed E-state index contributed by atoms with van der Waals surface area (Å²) in [6, 6.07) is 0.835. The standard InChI is InChI=1S/C19H33N5O2/c1-5-15-20-17(22-21-15)14-7-6-10-24(16(14)19(2,3)4)13-8-11-23(12-9-13)18(25)26/h13-14,16H,5-12H2,1-4H3,(H,25,26)(H,20,21,22). The Balaban J connectivity index is 1.81. The fraction of sp³-hybridized carbons (Fsp3) is 0.842. The highest BCUT2D eigenvalue weighted by atomic mass is 16.4. The average Bonchev–Trinajstić information content (AvgIpc) is 3.09. The number of aromatic nitrogens is 3. The highest BCUT2D eigenvalue weighted by Crippen LogP contribution is 2.42. The molecule has 3 heterocycles. The monoisotopic (exact) mass is 363 g/mol. The number of likely N-dealkylation sites (tertiary alicyclic amines) is 2. The maximum atomic E-state index is 11.2. The van der Waals surface area contributed by atoms with Gasteiger partial charge in [-0.05, 0) is 37.6 Å². The number of carbonyl (C=O) groups is 1. The van der Waals surface area contributed by atoms with E-state index in [1.165, 1.54) is 0 Å². The fourth-order valence-corrected chi connectivity index (χ4v) is 4.84. The Morgan fingerprint density at radius 3 is 2.46 bits per heavy atom. The zero-order valence-corrected chi connectivity index (χ0v) is 16.5. The lowest BCUT2D eigenvalue weighted by Crippen LogP contribution is -2.57. The van der Waals surface area contributed by atoms with Crippen molar-refractivity contribution in [1.29, 1.82) is 0 Å². The molecule has 2 fully saturated rings. The van der Waals surface area contributed by atoms with Crippen molar-refractivity contribution in [2.75, 3.05) is 19.6 Å². The Labute approximate surface area is 156 Å². The van der Waals surface area contributed by atoms with E-state index < -0.39 is 6.09 Å². The molecule has 7 heteroatoms. The van der Waals surface area contributed by atoms with E-state index in [1.807, 2.05) is 0 Å². The Morgan fingerprint density at radius 2 is 1.92 bits per heavy atom. The van der Waals surface area contributed by atoms with Crippen molar-refractivity contribution in [3.63, 3.8) is 0 Å². The van der Waals surface area contributed by atoms with Gasteiger partial charge in [0.2, 0.25) is 0 Å². The minimum atomic E-state index is -0.791. The van der Waals surface area contributed by atoms with Crippen LogP contribution in [-0.2, 0) is 6.42 Å². The maximum absolute atomic E-state index is 11.2. The molecular weight excluding hydrogens is 330 g/mol. The van der Waals surface area contributed by atoms with Gasteiger partial charge in [0.05, 0.1) is 0 Å². The molecular formula is C19H33N5O2. The van der Waals surface area contributed by atoms with Gasteiger partial charge < -0.3 is 10.0 Å². The van der Waals surface area contributed by atoms with Crippen molar-refractivity contribution < 1.29 is 9.90 Å². The molecule has 2 N–H and O–H groups in total. The topological polar surface area (TPSA) is 85.4 Å².